The molecule has 0 unspecified atom stereocenters. The van der Waals surface area contributed by atoms with E-state index in [4.69, 9.17) is 22.9 Å². The van der Waals surface area contributed by atoms with Gasteiger partial charge in [-0.2, -0.15) is 0 Å². The zero-order valence-corrected chi connectivity index (χ0v) is 14.3. The van der Waals surface area contributed by atoms with Crippen molar-refractivity contribution in [1.82, 2.24) is 14.5 Å². The second-order valence-electron chi connectivity index (χ2n) is 5.77. The Morgan fingerprint density at radius 1 is 0.960 bits per heavy atom. The Morgan fingerprint density at radius 2 is 1.68 bits per heavy atom. The first-order valence-electron chi connectivity index (χ1n) is 7.97. The summed E-state index contributed by atoms with van der Waals surface area (Å²) in [7, 11) is 0. The van der Waals surface area contributed by atoms with E-state index in [1.165, 1.54) is 0 Å². The summed E-state index contributed by atoms with van der Waals surface area (Å²) in [6.45, 7) is 0.645. The maximum atomic E-state index is 5.90. The van der Waals surface area contributed by atoms with Gasteiger partial charge in [-0.05, 0) is 29.8 Å². The SMILES string of the molecule is NC(=S)c1ccccc1Cn1c(-c2ccncc2)nc2ccccc21. The molecule has 0 radical (unpaired) electrons. The van der Waals surface area contributed by atoms with Crippen molar-refractivity contribution in [2.24, 2.45) is 5.73 Å². The lowest BCUT2D eigenvalue weighted by molar-refractivity contribution is 0.832. The molecular weight excluding hydrogens is 328 g/mol. The summed E-state index contributed by atoms with van der Waals surface area (Å²) in [5.74, 6) is 0.904. The van der Waals surface area contributed by atoms with Gasteiger partial charge in [0.15, 0.2) is 0 Å². The lowest BCUT2D eigenvalue weighted by Crippen LogP contribution is -2.14. The first-order chi connectivity index (χ1) is 12.2. The van der Waals surface area contributed by atoms with Crippen LogP contribution in [0.5, 0.6) is 0 Å². The van der Waals surface area contributed by atoms with Crippen LogP contribution in [-0.2, 0) is 6.54 Å². The van der Waals surface area contributed by atoms with Crippen LogP contribution >= 0.6 is 12.2 Å². The molecule has 2 N–H and O–H groups in total. The molecule has 4 aromatic rings. The maximum Gasteiger partial charge on any atom is 0.141 e. The zero-order valence-electron chi connectivity index (χ0n) is 13.5. The lowest BCUT2D eigenvalue weighted by Gasteiger charge is -2.13. The number of imidazole rings is 1. The van der Waals surface area contributed by atoms with E-state index < -0.39 is 0 Å². The van der Waals surface area contributed by atoms with E-state index in [1.54, 1.807) is 12.4 Å². The van der Waals surface area contributed by atoms with E-state index in [2.05, 4.69) is 21.7 Å². The van der Waals surface area contributed by atoms with Crippen molar-refractivity contribution in [3.05, 3.63) is 84.2 Å². The number of pyridine rings is 1. The van der Waals surface area contributed by atoms with Crippen LogP contribution in [0.3, 0.4) is 0 Å². The molecule has 0 aliphatic rings. The molecule has 122 valence electrons. The van der Waals surface area contributed by atoms with Crippen LogP contribution in [0.4, 0.5) is 0 Å². The third-order valence-corrected chi connectivity index (χ3v) is 4.42. The van der Waals surface area contributed by atoms with Gasteiger partial charge in [0.25, 0.3) is 0 Å². The summed E-state index contributed by atoms with van der Waals surface area (Å²) in [6.07, 6.45) is 3.56. The molecule has 2 aromatic carbocycles. The van der Waals surface area contributed by atoms with Gasteiger partial charge in [0, 0.05) is 23.5 Å². The third-order valence-electron chi connectivity index (χ3n) is 4.20. The second-order valence-corrected chi connectivity index (χ2v) is 6.21. The fraction of sp³-hybridized carbons (Fsp3) is 0.0500. The van der Waals surface area contributed by atoms with Crippen molar-refractivity contribution in [2.45, 2.75) is 6.54 Å². The highest BCUT2D eigenvalue weighted by Crippen LogP contribution is 2.26. The van der Waals surface area contributed by atoms with E-state index >= 15 is 0 Å². The van der Waals surface area contributed by atoms with Crippen LogP contribution in [0.1, 0.15) is 11.1 Å². The molecule has 5 heteroatoms. The minimum Gasteiger partial charge on any atom is -0.389 e. The monoisotopic (exact) mass is 344 g/mol. The van der Waals surface area contributed by atoms with Gasteiger partial charge in [0.1, 0.15) is 10.8 Å². The van der Waals surface area contributed by atoms with E-state index in [-0.39, 0.29) is 0 Å². The quantitative estimate of drug-likeness (QED) is 0.573. The minimum absolute atomic E-state index is 0.408. The third kappa shape index (κ3) is 2.90. The van der Waals surface area contributed by atoms with Crippen molar-refractivity contribution in [3.8, 4) is 11.4 Å². The number of benzene rings is 2. The molecule has 0 bridgehead atoms. The Hall–Kier alpha value is -3.05. The van der Waals surface area contributed by atoms with E-state index in [0.717, 1.165) is 33.5 Å². The number of thiocarbonyl (C=S) groups is 1. The molecule has 0 saturated heterocycles. The topological polar surface area (TPSA) is 56.7 Å². The molecule has 2 heterocycles. The number of rotatable bonds is 4. The van der Waals surface area contributed by atoms with Crippen molar-refractivity contribution in [1.29, 1.82) is 0 Å². The van der Waals surface area contributed by atoms with E-state index in [1.807, 2.05) is 48.5 Å². The van der Waals surface area contributed by atoms with Gasteiger partial charge in [-0.15, -0.1) is 0 Å². The molecule has 0 aliphatic heterocycles. The molecule has 0 atom stereocenters. The maximum absolute atomic E-state index is 5.90. The van der Waals surface area contributed by atoms with Crippen molar-refractivity contribution in [2.75, 3.05) is 0 Å². The summed E-state index contributed by atoms with van der Waals surface area (Å²) in [5.41, 5.74) is 10.9. The van der Waals surface area contributed by atoms with Gasteiger partial charge in [0.05, 0.1) is 17.6 Å². The Kier molecular flexibility index (Phi) is 3.99. The van der Waals surface area contributed by atoms with Crippen molar-refractivity contribution in [3.63, 3.8) is 0 Å². The van der Waals surface area contributed by atoms with Gasteiger partial charge in [-0.3, -0.25) is 4.98 Å². The first-order valence-corrected chi connectivity index (χ1v) is 8.38. The van der Waals surface area contributed by atoms with E-state index in [0.29, 0.717) is 11.5 Å². The summed E-state index contributed by atoms with van der Waals surface area (Å²) in [6, 6.07) is 20.0. The predicted molar refractivity (Wildman–Crippen MR) is 104 cm³/mol. The van der Waals surface area contributed by atoms with Crippen molar-refractivity contribution >= 4 is 28.2 Å². The normalized spacial score (nSPS) is 10.9. The number of para-hydroxylation sites is 2. The van der Waals surface area contributed by atoms with Crippen molar-refractivity contribution < 1.29 is 0 Å². The molecule has 4 nitrogen and oxygen atoms in total. The minimum atomic E-state index is 0.408. The fourth-order valence-corrected chi connectivity index (χ4v) is 3.22. The van der Waals surface area contributed by atoms with E-state index in [9.17, 15) is 0 Å². The van der Waals surface area contributed by atoms with Crippen LogP contribution in [-0.4, -0.2) is 19.5 Å². The predicted octanol–water partition coefficient (Wildman–Crippen LogP) is 3.78. The van der Waals surface area contributed by atoms with Gasteiger partial charge in [0.2, 0.25) is 0 Å². The molecule has 2 aromatic heterocycles. The molecule has 25 heavy (non-hydrogen) atoms. The summed E-state index contributed by atoms with van der Waals surface area (Å²) < 4.78 is 2.20. The summed E-state index contributed by atoms with van der Waals surface area (Å²) in [4.78, 5) is 9.34. The lowest BCUT2D eigenvalue weighted by atomic mass is 10.1. The number of nitrogens with two attached hydrogens (primary N) is 1. The zero-order chi connectivity index (χ0) is 17.2. The van der Waals surface area contributed by atoms with Crippen LogP contribution in [0.15, 0.2) is 73.1 Å². The standard InChI is InChI=1S/C20H16N4S/c21-19(25)16-6-2-1-5-15(16)13-24-18-8-4-3-7-17(18)23-20(24)14-9-11-22-12-10-14/h1-12H,13H2,(H2,21,25). The van der Waals surface area contributed by atoms with Crippen LogP contribution < -0.4 is 5.73 Å². The largest absolute Gasteiger partial charge is 0.389 e. The number of hydrogen-bond acceptors (Lipinski definition) is 3. The molecule has 0 fully saturated rings. The fourth-order valence-electron chi connectivity index (χ4n) is 3.03. The highest BCUT2D eigenvalue weighted by Gasteiger charge is 2.14. The molecule has 0 spiro atoms. The Bertz CT molecular complexity index is 1050. The molecule has 0 saturated carbocycles. The number of aromatic nitrogens is 3. The molecule has 0 amide bonds. The Balaban J connectivity index is 1.91. The number of nitrogens with zero attached hydrogens (tertiary/aromatic N) is 3. The highest BCUT2D eigenvalue weighted by atomic mass is 32.1. The van der Waals surface area contributed by atoms with Gasteiger partial charge in [-0.25, -0.2) is 4.98 Å². The molecule has 0 aliphatic carbocycles. The first kappa shape index (κ1) is 15.5. The molecule has 4 rings (SSSR count). The van der Waals surface area contributed by atoms with Gasteiger partial charge < -0.3 is 10.3 Å². The average molecular weight is 344 g/mol. The smallest absolute Gasteiger partial charge is 0.141 e. The van der Waals surface area contributed by atoms with Crippen LogP contribution in [0, 0.1) is 0 Å². The Labute approximate surface area is 151 Å². The van der Waals surface area contributed by atoms with Gasteiger partial charge >= 0.3 is 0 Å². The second kappa shape index (κ2) is 6.45. The Morgan fingerprint density at radius 3 is 2.48 bits per heavy atom. The number of fused-ring (bicyclic) bond motifs is 1. The summed E-state index contributed by atoms with van der Waals surface area (Å²) >= 11 is 5.21. The highest BCUT2D eigenvalue weighted by molar-refractivity contribution is 7.80. The van der Waals surface area contributed by atoms with Crippen LogP contribution in [0.25, 0.3) is 22.4 Å². The summed E-state index contributed by atoms with van der Waals surface area (Å²) in [5, 5.41) is 0. The van der Waals surface area contributed by atoms with Gasteiger partial charge in [-0.1, -0.05) is 48.6 Å². The number of hydrogen-bond donors (Lipinski definition) is 1. The molecular formula is C20H16N4S. The van der Waals surface area contributed by atoms with Crippen LogP contribution in [0.2, 0.25) is 0 Å². The average Bonchev–Trinajstić information content (AvgIpc) is 3.01.